The van der Waals surface area contributed by atoms with Crippen molar-refractivity contribution >= 4 is 27.3 Å². The first-order chi connectivity index (χ1) is 10.4. The number of hydrogen-bond donors (Lipinski definition) is 1. The summed E-state index contributed by atoms with van der Waals surface area (Å²) in [5, 5.41) is 0.381. The zero-order valence-electron chi connectivity index (χ0n) is 11.8. The smallest absolute Gasteiger partial charge is 0.240 e. The fourth-order valence-corrected chi connectivity index (χ4v) is 3.41. The fraction of sp³-hybridized carbons (Fsp3) is 0.133. The van der Waals surface area contributed by atoms with Crippen LogP contribution in [0.3, 0.4) is 0 Å². The van der Waals surface area contributed by atoms with Crippen LogP contribution < -0.4 is 4.72 Å². The molecule has 1 aromatic carbocycles. The molecule has 3 rings (SSSR count). The number of halogens is 1. The van der Waals surface area contributed by atoms with Crippen molar-refractivity contribution < 1.29 is 8.42 Å². The molecule has 0 fully saturated rings. The van der Waals surface area contributed by atoms with Gasteiger partial charge in [-0.1, -0.05) is 17.7 Å². The van der Waals surface area contributed by atoms with Crippen LogP contribution in [0.5, 0.6) is 0 Å². The van der Waals surface area contributed by atoms with Gasteiger partial charge in [0.1, 0.15) is 5.65 Å². The van der Waals surface area contributed by atoms with Crippen molar-refractivity contribution in [3.8, 4) is 0 Å². The van der Waals surface area contributed by atoms with E-state index in [1.54, 1.807) is 18.3 Å². The van der Waals surface area contributed by atoms with E-state index in [0.29, 0.717) is 10.7 Å². The van der Waals surface area contributed by atoms with E-state index < -0.39 is 10.0 Å². The topological polar surface area (TPSA) is 63.5 Å². The average Bonchev–Trinajstić information content (AvgIpc) is 2.87. The monoisotopic (exact) mass is 335 g/mol. The molecule has 0 bridgehead atoms. The average molecular weight is 336 g/mol. The van der Waals surface area contributed by atoms with Crippen LogP contribution in [0.1, 0.15) is 11.3 Å². The lowest BCUT2D eigenvalue weighted by Gasteiger charge is -2.05. The van der Waals surface area contributed by atoms with E-state index in [1.165, 1.54) is 12.1 Å². The van der Waals surface area contributed by atoms with E-state index in [-0.39, 0.29) is 11.4 Å². The summed E-state index contributed by atoms with van der Waals surface area (Å²) in [7, 11) is -3.61. The quantitative estimate of drug-likeness (QED) is 0.797. The number of hydrogen-bond acceptors (Lipinski definition) is 3. The summed E-state index contributed by atoms with van der Waals surface area (Å²) in [4.78, 5) is 4.54. The molecule has 0 unspecified atom stereocenters. The Morgan fingerprint density at radius 2 is 2.09 bits per heavy atom. The molecule has 0 aliphatic heterocycles. The minimum atomic E-state index is -3.61. The molecule has 1 N–H and O–H groups in total. The number of pyridine rings is 1. The highest BCUT2D eigenvalue weighted by atomic mass is 35.5. The Hall–Kier alpha value is -1.89. The Kier molecular flexibility index (Phi) is 3.90. The standard InChI is InChI=1S/C15H14ClN3O2S/c1-11-5-6-19-10-13(18-15(19)7-11)9-17-22(20,21)14-4-2-3-12(16)8-14/h2-8,10,17H,9H2,1H3. The van der Waals surface area contributed by atoms with Crippen molar-refractivity contribution in [1.82, 2.24) is 14.1 Å². The predicted molar refractivity (Wildman–Crippen MR) is 85.4 cm³/mol. The summed E-state index contributed by atoms with van der Waals surface area (Å²) in [6, 6.07) is 10.1. The minimum Gasteiger partial charge on any atom is -0.307 e. The predicted octanol–water partition coefficient (Wildman–Crippen LogP) is 2.77. The maximum Gasteiger partial charge on any atom is 0.240 e. The molecule has 0 saturated carbocycles. The number of nitrogens with zero attached hydrogens (tertiary/aromatic N) is 2. The molecule has 114 valence electrons. The van der Waals surface area contributed by atoms with Crippen molar-refractivity contribution in [2.24, 2.45) is 0 Å². The van der Waals surface area contributed by atoms with E-state index in [2.05, 4.69) is 9.71 Å². The van der Waals surface area contributed by atoms with Gasteiger partial charge in [-0.05, 0) is 42.8 Å². The van der Waals surface area contributed by atoms with Gasteiger partial charge in [0, 0.05) is 17.4 Å². The highest BCUT2D eigenvalue weighted by molar-refractivity contribution is 7.89. The molecular weight excluding hydrogens is 322 g/mol. The first-order valence-electron chi connectivity index (χ1n) is 6.63. The van der Waals surface area contributed by atoms with Gasteiger partial charge < -0.3 is 4.40 Å². The molecule has 0 aliphatic rings. The summed E-state index contributed by atoms with van der Waals surface area (Å²) in [6.45, 7) is 2.10. The van der Waals surface area contributed by atoms with Gasteiger partial charge in [-0.25, -0.2) is 18.1 Å². The van der Waals surface area contributed by atoms with Crippen molar-refractivity contribution in [2.45, 2.75) is 18.4 Å². The molecule has 3 aromatic rings. The van der Waals surface area contributed by atoms with Crippen LogP contribution in [0.2, 0.25) is 5.02 Å². The van der Waals surface area contributed by atoms with Gasteiger partial charge in [-0.15, -0.1) is 0 Å². The number of benzene rings is 1. The normalized spacial score (nSPS) is 11.9. The summed E-state index contributed by atoms with van der Waals surface area (Å²) in [5.74, 6) is 0. The molecule has 0 saturated heterocycles. The second-order valence-electron chi connectivity index (χ2n) is 4.98. The number of aryl methyl sites for hydroxylation is 1. The minimum absolute atomic E-state index is 0.121. The third-order valence-electron chi connectivity index (χ3n) is 3.22. The van der Waals surface area contributed by atoms with E-state index in [0.717, 1.165) is 11.2 Å². The Labute approximate surface area is 133 Å². The van der Waals surface area contributed by atoms with E-state index in [9.17, 15) is 8.42 Å². The van der Waals surface area contributed by atoms with E-state index in [4.69, 9.17) is 11.6 Å². The molecule has 0 atom stereocenters. The van der Waals surface area contributed by atoms with Crippen molar-refractivity contribution in [3.05, 3.63) is 65.1 Å². The molecule has 2 heterocycles. The zero-order chi connectivity index (χ0) is 15.7. The first-order valence-corrected chi connectivity index (χ1v) is 8.50. The fourth-order valence-electron chi connectivity index (χ4n) is 2.11. The van der Waals surface area contributed by atoms with Crippen LogP contribution in [0.4, 0.5) is 0 Å². The second kappa shape index (κ2) is 5.72. The number of rotatable bonds is 4. The van der Waals surface area contributed by atoms with Gasteiger partial charge in [0.15, 0.2) is 0 Å². The number of imidazole rings is 1. The van der Waals surface area contributed by atoms with Crippen molar-refractivity contribution in [3.63, 3.8) is 0 Å². The lowest BCUT2D eigenvalue weighted by molar-refractivity contribution is 0.580. The van der Waals surface area contributed by atoms with Gasteiger partial charge in [0.05, 0.1) is 17.1 Å². The van der Waals surface area contributed by atoms with Crippen LogP contribution in [0.25, 0.3) is 5.65 Å². The number of fused-ring (bicyclic) bond motifs is 1. The summed E-state index contributed by atoms with van der Waals surface area (Å²) >= 11 is 5.83. The molecule has 2 aromatic heterocycles. The highest BCUT2D eigenvalue weighted by Gasteiger charge is 2.14. The van der Waals surface area contributed by atoms with Crippen molar-refractivity contribution in [1.29, 1.82) is 0 Å². The number of sulfonamides is 1. The third-order valence-corrected chi connectivity index (χ3v) is 4.85. The van der Waals surface area contributed by atoms with Crippen LogP contribution >= 0.6 is 11.6 Å². The van der Waals surface area contributed by atoms with Gasteiger partial charge >= 0.3 is 0 Å². The van der Waals surface area contributed by atoms with Gasteiger partial charge in [-0.2, -0.15) is 0 Å². The summed E-state index contributed by atoms with van der Waals surface area (Å²) in [6.07, 6.45) is 3.70. The zero-order valence-corrected chi connectivity index (χ0v) is 13.4. The molecule has 22 heavy (non-hydrogen) atoms. The Morgan fingerprint density at radius 3 is 2.86 bits per heavy atom. The highest BCUT2D eigenvalue weighted by Crippen LogP contribution is 2.15. The van der Waals surface area contributed by atoms with E-state index >= 15 is 0 Å². The molecule has 0 spiro atoms. The lowest BCUT2D eigenvalue weighted by atomic mass is 10.3. The Bertz CT molecular complexity index is 935. The molecular formula is C15H14ClN3O2S. The molecule has 0 radical (unpaired) electrons. The number of nitrogens with one attached hydrogen (secondary N) is 1. The lowest BCUT2D eigenvalue weighted by Crippen LogP contribution is -2.23. The largest absolute Gasteiger partial charge is 0.307 e. The van der Waals surface area contributed by atoms with Crippen LogP contribution in [0, 0.1) is 6.92 Å². The molecule has 0 aliphatic carbocycles. The SMILES string of the molecule is Cc1ccn2cc(CNS(=O)(=O)c3cccc(Cl)c3)nc2c1. The first kappa shape index (κ1) is 15.0. The van der Waals surface area contributed by atoms with Crippen LogP contribution in [-0.2, 0) is 16.6 Å². The third kappa shape index (κ3) is 3.14. The Morgan fingerprint density at radius 1 is 1.27 bits per heavy atom. The van der Waals surface area contributed by atoms with Crippen LogP contribution in [-0.4, -0.2) is 17.8 Å². The molecule has 5 nitrogen and oxygen atoms in total. The maximum atomic E-state index is 12.2. The van der Waals surface area contributed by atoms with Crippen LogP contribution in [0.15, 0.2) is 53.7 Å². The molecule has 0 amide bonds. The maximum absolute atomic E-state index is 12.2. The van der Waals surface area contributed by atoms with Gasteiger partial charge in [0.25, 0.3) is 0 Å². The van der Waals surface area contributed by atoms with Gasteiger partial charge in [0.2, 0.25) is 10.0 Å². The van der Waals surface area contributed by atoms with Gasteiger partial charge in [-0.3, -0.25) is 0 Å². The Balaban J connectivity index is 1.81. The second-order valence-corrected chi connectivity index (χ2v) is 7.19. The number of aromatic nitrogens is 2. The van der Waals surface area contributed by atoms with Crippen molar-refractivity contribution in [2.75, 3.05) is 0 Å². The summed E-state index contributed by atoms with van der Waals surface area (Å²) in [5.41, 5.74) is 2.54. The summed E-state index contributed by atoms with van der Waals surface area (Å²) < 4.78 is 28.8. The van der Waals surface area contributed by atoms with E-state index in [1.807, 2.05) is 29.7 Å². The molecule has 7 heteroatoms.